The van der Waals surface area contributed by atoms with Gasteiger partial charge < -0.3 is 15.2 Å². The predicted octanol–water partition coefficient (Wildman–Crippen LogP) is 1.73. The second-order valence-electron chi connectivity index (χ2n) is 6.48. The highest BCUT2D eigenvalue weighted by atomic mass is 16.5. The van der Waals surface area contributed by atoms with E-state index in [9.17, 15) is 24.3 Å². The fraction of sp³-hybridized carbons (Fsp3) is 0.474. The molecule has 1 aliphatic heterocycles. The van der Waals surface area contributed by atoms with Gasteiger partial charge >= 0.3 is 0 Å². The molecule has 1 aromatic rings. The standard InChI is InChI=1S/C19H23NO6/c1-11-5-3-7-14(21)18(24)15(22)8-4-6-12-9-13(26-2)10-16(23)17(12)19(25)20-11/h9-11,23H,3-8H2,1-2H3,(H,20,25). The minimum absolute atomic E-state index is 0.0101. The van der Waals surface area contributed by atoms with Gasteiger partial charge in [-0.3, -0.25) is 19.2 Å². The van der Waals surface area contributed by atoms with Crippen molar-refractivity contribution in [2.24, 2.45) is 0 Å². The minimum atomic E-state index is -0.951. The number of carbonyl (C=O) groups is 4. The van der Waals surface area contributed by atoms with Crippen LogP contribution in [0.25, 0.3) is 0 Å². The van der Waals surface area contributed by atoms with Crippen molar-refractivity contribution in [1.82, 2.24) is 5.32 Å². The number of hydrogen-bond donors (Lipinski definition) is 2. The molecule has 26 heavy (non-hydrogen) atoms. The van der Waals surface area contributed by atoms with Crippen molar-refractivity contribution >= 4 is 23.3 Å². The Kier molecular flexibility index (Phi) is 6.49. The summed E-state index contributed by atoms with van der Waals surface area (Å²) in [6.45, 7) is 1.78. The lowest BCUT2D eigenvalue weighted by Gasteiger charge is -2.18. The van der Waals surface area contributed by atoms with Crippen LogP contribution in [0.4, 0.5) is 0 Å². The third kappa shape index (κ3) is 4.68. The zero-order valence-corrected chi connectivity index (χ0v) is 15.0. The van der Waals surface area contributed by atoms with Crippen LogP contribution in [0.1, 0.15) is 54.9 Å². The molecular formula is C19H23NO6. The Labute approximate surface area is 151 Å². The number of methoxy groups -OCH3 is 1. The first kappa shape index (κ1) is 19.6. The quantitative estimate of drug-likeness (QED) is 0.737. The maximum Gasteiger partial charge on any atom is 0.264 e. The second-order valence-corrected chi connectivity index (χ2v) is 6.48. The summed E-state index contributed by atoms with van der Waals surface area (Å²) in [5.74, 6) is -2.57. The molecule has 0 aromatic heterocycles. The smallest absolute Gasteiger partial charge is 0.264 e. The molecule has 1 unspecified atom stereocenters. The zero-order chi connectivity index (χ0) is 19.3. The van der Waals surface area contributed by atoms with Gasteiger partial charge in [-0.1, -0.05) is 0 Å². The molecule has 0 aliphatic carbocycles. The van der Waals surface area contributed by atoms with Crippen LogP contribution < -0.4 is 10.1 Å². The lowest BCUT2D eigenvalue weighted by atomic mass is 9.96. The second kappa shape index (κ2) is 8.60. The number of aryl methyl sites for hydroxylation is 1. The number of ether oxygens (including phenoxy) is 1. The molecule has 0 bridgehead atoms. The van der Waals surface area contributed by atoms with Gasteiger partial charge in [0.25, 0.3) is 11.7 Å². The Morgan fingerprint density at radius 2 is 1.69 bits per heavy atom. The van der Waals surface area contributed by atoms with E-state index < -0.39 is 23.3 Å². The SMILES string of the molecule is COc1cc(O)c2c(c1)CCCC(=O)C(=O)C(=O)CCCC(C)NC2=O. The average molecular weight is 361 g/mol. The highest BCUT2D eigenvalue weighted by Crippen LogP contribution is 2.29. The molecule has 2 N–H and O–H groups in total. The maximum absolute atomic E-state index is 12.6. The van der Waals surface area contributed by atoms with E-state index in [1.54, 1.807) is 13.0 Å². The molecule has 1 aromatic carbocycles. The highest BCUT2D eigenvalue weighted by Gasteiger charge is 2.24. The number of rotatable bonds is 1. The van der Waals surface area contributed by atoms with Crippen LogP contribution >= 0.6 is 0 Å². The van der Waals surface area contributed by atoms with E-state index in [1.165, 1.54) is 13.2 Å². The van der Waals surface area contributed by atoms with Gasteiger partial charge in [0.1, 0.15) is 11.5 Å². The average Bonchev–Trinajstić information content (AvgIpc) is 2.59. The topological polar surface area (TPSA) is 110 Å². The Bertz CT molecular complexity index is 740. The number of phenols is 1. The van der Waals surface area contributed by atoms with Gasteiger partial charge in [0.15, 0.2) is 0 Å². The number of carbonyl (C=O) groups excluding carboxylic acids is 4. The molecule has 0 saturated carbocycles. The van der Waals surface area contributed by atoms with Crippen LogP contribution in [0.3, 0.4) is 0 Å². The molecule has 7 nitrogen and oxygen atoms in total. The lowest BCUT2D eigenvalue weighted by molar-refractivity contribution is -0.144. The molecular weight excluding hydrogens is 338 g/mol. The van der Waals surface area contributed by atoms with Gasteiger partial charge in [-0.2, -0.15) is 0 Å². The van der Waals surface area contributed by atoms with Crippen LogP contribution in [0.15, 0.2) is 12.1 Å². The number of hydrogen-bond acceptors (Lipinski definition) is 6. The third-order valence-corrected chi connectivity index (χ3v) is 4.41. The van der Waals surface area contributed by atoms with Gasteiger partial charge in [0.2, 0.25) is 11.6 Å². The molecule has 0 spiro atoms. The minimum Gasteiger partial charge on any atom is -0.507 e. The van der Waals surface area contributed by atoms with E-state index in [-0.39, 0.29) is 43.0 Å². The van der Waals surface area contributed by atoms with Crippen LogP contribution in [0.2, 0.25) is 0 Å². The van der Waals surface area contributed by atoms with E-state index in [2.05, 4.69) is 5.32 Å². The number of fused-ring (bicyclic) bond motifs is 1. The molecule has 1 amide bonds. The van der Waals surface area contributed by atoms with Crippen LogP contribution in [-0.2, 0) is 20.8 Å². The predicted molar refractivity (Wildman–Crippen MR) is 93.4 cm³/mol. The Balaban J connectivity index is 2.35. The molecule has 0 saturated heterocycles. The first-order valence-electron chi connectivity index (χ1n) is 8.64. The van der Waals surface area contributed by atoms with Crippen molar-refractivity contribution in [3.63, 3.8) is 0 Å². The lowest BCUT2D eigenvalue weighted by Crippen LogP contribution is -2.33. The Morgan fingerprint density at radius 1 is 1.04 bits per heavy atom. The number of Topliss-reactive ketones (excluding diaryl/α,β-unsaturated/α-hetero) is 3. The van der Waals surface area contributed by atoms with Crippen molar-refractivity contribution in [2.45, 2.75) is 51.5 Å². The van der Waals surface area contributed by atoms with Gasteiger partial charge in [-0.25, -0.2) is 0 Å². The summed E-state index contributed by atoms with van der Waals surface area (Å²) in [7, 11) is 1.44. The largest absolute Gasteiger partial charge is 0.507 e. The van der Waals surface area contributed by atoms with Gasteiger partial charge in [-0.15, -0.1) is 0 Å². The van der Waals surface area contributed by atoms with Crippen LogP contribution in [-0.4, -0.2) is 41.5 Å². The number of amides is 1. The fourth-order valence-electron chi connectivity index (χ4n) is 2.99. The van der Waals surface area contributed by atoms with Gasteiger partial charge in [0, 0.05) is 24.9 Å². The number of aromatic hydroxyl groups is 1. The van der Waals surface area contributed by atoms with E-state index >= 15 is 0 Å². The monoisotopic (exact) mass is 361 g/mol. The third-order valence-electron chi connectivity index (χ3n) is 4.41. The Hall–Kier alpha value is -2.70. The van der Waals surface area contributed by atoms with Crippen molar-refractivity contribution in [3.8, 4) is 11.5 Å². The fourth-order valence-corrected chi connectivity index (χ4v) is 2.99. The number of benzene rings is 1. The number of nitrogens with one attached hydrogen (secondary N) is 1. The molecule has 1 atom stereocenters. The molecule has 0 fully saturated rings. The van der Waals surface area contributed by atoms with Crippen LogP contribution in [0.5, 0.6) is 11.5 Å². The van der Waals surface area contributed by atoms with Crippen molar-refractivity contribution in [1.29, 1.82) is 0 Å². The van der Waals surface area contributed by atoms with Crippen LogP contribution in [0, 0.1) is 0 Å². The highest BCUT2D eigenvalue weighted by molar-refractivity contribution is 6.63. The number of phenolic OH excluding ortho intramolecular Hbond substituents is 1. The van der Waals surface area contributed by atoms with E-state index in [0.29, 0.717) is 24.2 Å². The van der Waals surface area contributed by atoms with E-state index in [1.807, 2.05) is 0 Å². The van der Waals surface area contributed by atoms with Crippen molar-refractivity contribution < 1.29 is 29.0 Å². The first-order valence-corrected chi connectivity index (χ1v) is 8.64. The molecule has 1 heterocycles. The number of ketones is 3. The van der Waals surface area contributed by atoms with E-state index in [4.69, 9.17) is 4.74 Å². The summed E-state index contributed by atoms with van der Waals surface area (Å²) in [5.41, 5.74) is 0.666. The van der Waals surface area contributed by atoms with Gasteiger partial charge in [0.05, 0.1) is 12.7 Å². The maximum atomic E-state index is 12.6. The molecule has 0 radical (unpaired) electrons. The summed E-state index contributed by atoms with van der Waals surface area (Å²) in [6.07, 6.45) is 1.34. The molecule has 1 aliphatic rings. The zero-order valence-electron chi connectivity index (χ0n) is 15.0. The molecule has 2 rings (SSSR count). The summed E-state index contributed by atoms with van der Waals surface area (Å²) >= 11 is 0. The van der Waals surface area contributed by atoms with E-state index in [0.717, 1.165) is 0 Å². The van der Waals surface area contributed by atoms with Crippen molar-refractivity contribution in [3.05, 3.63) is 23.3 Å². The summed E-state index contributed by atoms with van der Waals surface area (Å²) in [4.78, 5) is 48.1. The van der Waals surface area contributed by atoms with Crippen molar-refractivity contribution in [2.75, 3.05) is 7.11 Å². The molecule has 140 valence electrons. The summed E-state index contributed by atoms with van der Waals surface area (Å²) in [6, 6.07) is 2.74. The summed E-state index contributed by atoms with van der Waals surface area (Å²) < 4.78 is 5.12. The van der Waals surface area contributed by atoms with Gasteiger partial charge in [-0.05, 0) is 44.2 Å². The normalized spacial score (nSPS) is 20.2. The first-order chi connectivity index (χ1) is 12.3. The Morgan fingerprint density at radius 3 is 2.35 bits per heavy atom. The molecule has 7 heteroatoms. The summed E-state index contributed by atoms with van der Waals surface area (Å²) in [5, 5.41) is 13.1.